The van der Waals surface area contributed by atoms with Gasteiger partial charge < -0.3 is 16.0 Å². The highest BCUT2D eigenvalue weighted by Crippen LogP contribution is 1.97. The maximum Gasteiger partial charge on any atom is 0.239 e. The molecule has 0 spiro atoms. The smallest absolute Gasteiger partial charge is 0.239 e. The van der Waals surface area contributed by atoms with Crippen LogP contribution in [0.1, 0.15) is 20.8 Å². The Morgan fingerprint density at radius 1 is 1.28 bits per heavy atom. The summed E-state index contributed by atoms with van der Waals surface area (Å²) in [5.74, 6) is 1.63. The zero-order chi connectivity index (χ0) is 13.3. The summed E-state index contributed by atoms with van der Waals surface area (Å²) in [7, 11) is 1.69. The van der Waals surface area contributed by atoms with Crippen molar-refractivity contribution in [3.63, 3.8) is 0 Å². The summed E-state index contributed by atoms with van der Waals surface area (Å²) < 4.78 is 0. The van der Waals surface area contributed by atoms with Crippen LogP contribution in [0.5, 0.6) is 0 Å². The van der Waals surface area contributed by atoms with Crippen LogP contribution in [0.25, 0.3) is 0 Å². The minimum atomic E-state index is -0.200. The SMILES string of the molecule is CN=C(NCCSC)NCC(=O)NC(C)(C)C.I. The molecule has 0 aliphatic carbocycles. The number of guanidine groups is 1. The highest BCUT2D eigenvalue weighted by molar-refractivity contribution is 14.0. The molecule has 3 N–H and O–H groups in total. The number of rotatable bonds is 5. The van der Waals surface area contributed by atoms with Crippen LogP contribution in [0.4, 0.5) is 0 Å². The molecule has 0 rings (SSSR count). The highest BCUT2D eigenvalue weighted by Gasteiger charge is 2.13. The standard InChI is InChI=1S/C11H24N4OS.HI/c1-11(2,3)15-9(16)8-14-10(12-4)13-6-7-17-5;/h6-8H2,1-5H3,(H,15,16)(H2,12,13,14);1H. The molecule has 5 nitrogen and oxygen atoms in total. The summed E-state index contributed by atoms with van der Waals surface area (Å²) in [5, 5.41) is 8.97. The van der Waals surface area contributed by atoms with Crippen molar-refractivity contribution in [2.45, 2.75) is 26.3 Å². The van der Waals surface area contributed by atoms with Gasteiger partial charge in [-0.15, -0.1) is 24.0 Å². The summed E-state index contributed by atoms with van der Waals surface area (Å²) in [5.41, 5.74) is -0.200. The Bertz CT molecular complexity index is 266. The Hall–Kier alpha value is -0.180. The van der Waals surface area contributed by atoms with E-state index in [1.165, 1.54) is 0 Å². The fraction of sp³-hybridized carbons (Fsp3) is 0.818. The van der Waals surface area contributed by atoms with Crippen LogP contribution in [0.15, 0.2) is 4.99 Å². The van der Waals surface area contributed by atoms with Gasteiger partial charge >= 0.3 is 0 Å². The van der Waals surface area contributed by atoms with Gasteiger partial charge in [-0.2, -0.15) is 11.8 Å². The van der Waals surface area contributed by atoms with Crippen molar-refractivity contribution in [1.82, 2.24) is 16.0 Å². The second kappa shape index (κ2) is 10.7. The van der Waals surface area contributed by atoms with Crippen molar-refractivity contribution in [3.8, 4) is 0 Å². The lowest BCUT2D eigenvalue weighted by Crippen LogP contribution is -2.48. The number of nitrogens with zero attached hydrogens (tertiary/aromatic N) is 1. The molecule has 0 aromatic rings. The summed E-state index contributed by atoms with van der Waals surface area (Å²) in [6.45, 7) is 6.93. The van der Waals surface area contributed by atoms with Crippen LogP contribution in [-0.2, 0) is 4.79 Å². The van der Waals surface area contributed by atoms with Gasteiger partial charge in [0.05, 0.1) is 6.54 Å². The number of hydrogen-bond donors (Lipinski definition) is 3. The Morgan fingerprint density at radius 2 is 1.89 bits per heavy atom. The van der Waals surface area contributed by atoms with E-state index in [2.05, 4.69) is 27.2 Å². The topological polar surface area (TPSA) is 65.5 Å². The van der Waals surface area contributed by atoms with Gasteiger partial charge in [0.2, 0.25) is 5.91 Å². The lowest BCUT2D eigenvalue weighted by molar-refractivity contribution is -0.121. The quantitative estimate of drug-likeness (QED) is 0.285. The molecule has 108 valence electrons. The van der Waals surface area contributed by atoms with E-state index in [-0.39, 0.29) is 42.0 Å². The van der Waals surface area contributed by atoms with E-state index in [0.717, 1.165) is 12.3 Å². The van der Waals surface area contributed by atoms with Crippen LogP contribution < -0.4 is 16.0 Å². The third-order valence-corrected chi connectivity index (χ3v) is 2.37. The van der Waals surface area contributed by atoms with E-state index < -0.39 is 0 Å². The van der Waals surface area contributed by atoms with E-state index in [9.17, 15) is 4.79 Å². The van der Waals surface area contributed by atoms with Crippen LogP contribution in [0.2, 0.25) is 0 Å². The van der Waals surface area contributed by atoms with Gasteiger partial charge in [0.25, 0.3) is 0 Å². The molecule has 0 aromatic heterocycles. The molecule has 0 heterocycles. The number of aliphatic imine (C=N–C) groups is 1. The lowest BCUT2D eigenvalue weighted by atomic mass is 10.1. The largest absolute Gasteiger partial charge is 0.356 e. The fourth-order valence-electron chi connectivity index (χ4n) is 1.12. The molecular formula is C11H25IN4OS. The van der Waals surface area contributed by atoms with Gasteiger partial charge in [0, 0.05) is 24.9 Å². The summed E-state index contributed by atoms with van der Waals surface area (Å²) >= 11 is 1.76. The molecule has 0 aliphatic heterocycles. The summed E-state index contributed by atoms with van der Waals surface area (Å²) in [6.07, 6.45) is 2.05. The monoisotopic (exact) mass is 388 g/mol. The maximum atomic E-state index is 11.5. The summed E-state index contributed by atoms with van der Waals surface area (Å²) in [4.78, 5) is 15.6. The van der Waals surface area contributed by atoms with Gasteiger partial charge in [0.15, 0.2) is 5.96 Å². The fourth-order valence-corrected chi connectivity index (χ4v) is 1.42. The average molecular weight is 388 g/mol. The van der Waals surface area contributed by atoms with Crippen molar-refractivity contribution in [2.75, 3.05) is 32.1 Å². The predicted molar refractivity (Wildman–Crippen MR) is 91.1 cm³/mol. The Kier molecular flexibility index (Phi) is 12.0. The van der Waals surface area contributed by atoms with Crippen LogP contribution in [0, 0.1) is 0 Å². The van der Waals surface area contributed by atoms with Crippen LogP contribution in [0.3, 0.4) is 0 Å². The van der Waals surface area contributed by atoms with Crippen molar-refractivity contribution in [2.24, 2.45) is 4.99 Å². The highest BCUT2D eigenvalue weighted by atomic mass is 127. The Morgan fingerprint density at radius 3 is 2.33 bits per heavy atom. The molecule has 0 aliphatic rings. The molecule has 0 fully saturated rings. The molecule has 0 aromatic carbocycles. The van der Waals surface area contributed by atoms with Gasteiger partial charge in [-0.25, -0.2) is 0 Å². The number of nitrogens with one attached hydrogen (secondary N) is 3. The average Bonchev–Trinajstić information content (AvgIpc) is 2.20. The zero-order valence-electron chi connectivity index (χ0n) is 11.8. The minimum Gasteiger partial charge on any atom is -0.356 e. The second-order valence-corrected chi connectivity index (χ2v) is 5.63. The molecule has 0 saturated heterocycles. The maximum absolute atomic E-state index is 11.5. The third kappa shape index (κ3) is 12.3. The van der Waals surface area contributed by atoms with Gasteiger partial charge in [-0.1, -0.05) is 0 Å². The van der Waals surface area contributed by atoms with Crippen molar-refractivity contribution < 1.29 is 4.79 Å². The number of thioether (sulfide) groups is 1. The first-order valence-corrected chi connectivity index (χ1v) is 7.03. The molecule has 0 radical (unpaired) electrons. The van der Waals surface area contributed by atoms with Crippen molar-refractivity contribution >= 4 is 47.6 Å². The molecule has 0 atom stereocenters. The summed E-state index contributed by atoms with van der Waals surface area (Å²) in [6, 6.07) is 0. The Balaban J connectivity index is 0. The number of amides is 1. The van der Waals surface area contributed by atoms with Crippen LogP contribution >= 0.6 is 35.7 Å². The van der Waals surface area contributed by atoms with Crippen LogP contribution in [-0.4, -0.2) is 49.6 Å². The normalized spacial score (nSPS) is 11.5. The van der Waals surface area contributed by atoms with Gasteiger partial charge in [0.1, 0.15) is 0 Å². The second-order valence-electron chi connectivity index (χ2n) is 4.64. The molecule has 0 saturated carbocycles. The van der Waals surface area contributed by atoms with E-state index in [4.69, 9.17) is 0 Å². The van der Waals surface area contributed by atoms with E-state index in [0.29, 0.717) is 5.96 Å². The zero-order valence-corrected chi connectivity index (χ0v) is 14.9. The van der Waals surface area contributed by atoms with E-state index in [1.54, 1.807) is 18.8 Å². The number of carbonyl (C=O) groups is 1. The Labute approximate surface area is 131 Å². The van der Waals surface area contributed by atoms with Crippen molar-refractivity contribution in [3.05, 3.63) is 0 Å². The minimum absolute atomic E-state index is 0. The number of halogens is 1. The molecular weight excluding hydrogens is 363 g/mol. The van der Waals surface area contributed by atoms with Crippen molar-refractivity contribution in [1.29, 1.82) is 0 Å². The van der Waals surface area contributed by atoms with Gasteiger partial charge in [-0.3, -0.25) is 9.79 Å². The molecule has 1 amide bonds. The lowest BCUT2D eigenvalue weighted by Gasteiger charge is -2.21. The van der Waals surface area contributed by atoms with Gasteiger partial charge in [-0.05, 0) is 27.0 Å². The first-order chi connectivity index (χ1) is 7.89. The third-order valence-electron chi connectivity index (χ3n) is 1.75. The number of hydrogen-bond acceptors (Lipinski definition) is 3. The molecule has 7 heteroatoms. The molecule has 0 unspecified atom stereocenters. The first-order valence-electron chi connectivity index (χ1n) is 5.63. The number of carbonyl (C=O) groups excluding carboxylic acids is 1. The molecule has 0 bridgehead atoms. The van der Waals surface area contributed by atoms with E-state index >= 15 is 0 Å². The first kappa shape index (κ1) is 20.1. The van der Waals surface area contributed by atoms with E-state index in [1.807, 2.05) is 20.8 Å². The predicted octanol–water partition coefficient (Wildman–Crippen LogP) is 1.05. The molecule has 18 heavy (non-hydrogen) atoms.